The molecule has 2 aromatic rings. The molecule has 3 rings (SSSR count). The van der Waals surface area contributed by atoms with Gasteiger partial charge in [-0.25, -0.2) is 4.79 Å². The fraction of sp³-hybridized carbons (Fsp3) is 0.500. The molecule has 1 aromatic heterocycles. The lowest BCUT2D eigenvalue weighted by molar-refractivity contribution is -0.106. The van der Waals surface area contributed by atoms with E-state index in [9.17, 15) is 4.79 Å². The van der Waals surface area contributed by atoms with Crippen molar-refractivity contribution >= 4 is 35.0 Å². The summed E-state index contributed by atoms with van der Waals surface area (Å²) in [6.07, 6.45) is 6.53. The molecule has 0 amide bonds. The number of hydrogen-bond donors (Lipinski definition) is 2. The van der Waals surface area contributed by atoms with Crippen molar-refractivity contribution in [1.29, 1.82) is 0 Å². The number of aryl methyl sites for hydroxylation is 1. The van der Waals surface area contributed by atoms with Crippen LogP contribution < -0.4 is 5.32 Å². The summed E-state index contributed by atoms with van der Waals surface area (Å²) < 4.78 is 0. The van der Waals surface area contributed by atoms with Gasteiger partial charge in [-0.3, -0.25) is 4.99 Å². The number of hydrogen-bond acceptors (Lipinski definition) is 6. The Balaban J connectivity index is 0.00000112. The lowest BCUT2D eigenvalue weighted by Gasteiger charge is -2.36. The average molecular weight is 530 g/mol. The Morgan fingerprint density at radius 1 is 1.05 bits per heavy atom. The van der Waals surface area contributed by atoms with E-state index in [0.29, 0.717) is 0 Å². The Kier molecular flexibility index (Phi) is 17.7. The number of anilines is 1. The van der Waals surface area contributed by atoms with Crippen LogP contribution in [0.3, 0.4) is 0 Å². The quantitative estimate of drug-likeness (QED) is 0.334. The van der Waals surface area contributed by atoms with Crippen LogP contribution in [-0.2, 0) is 4.79 Å². The smallest absolute Gasteiger partial charge is 0.335 e. The zero-order valence-corrected chi connectivity index (χ0v) is 25.0. The van der Waals surface area contributed by atoms with Gasteiger partial charge in [0.1, 0.15) is 12.1 Å². The van der Waals surface area contributed by atoms with E-state index >= 15 is 0 Å². The van der Waals surface area contributed by atoms with Crippen LogP contribution in [0.15, 0.2) is 52.8 Å². The molecule has 206 valence electrons. The van der Waals surface area contributed by atoms with Gasteiger partial charge in [0.2, 0.25) is 0 Å². The largest absolute Gasteiger partial charge is 0.478 e. The Morgan fingerprint density at radius 3 is 2.00 bits per heavy atom. The molecule has 1 aromatic carbocycles. The summed E-state index contributed by atoms with van der Waals surface area (Å²) in [4.78, 5) is 29.6. The van der Waals surface area contributed by atoms with Gasteiger partial charge in [-0.05, 0) is 63.1 Å². The first-order valence-corrected chi connectivity index (χ1v) is 14.2. The number of carbonyl (C=O) groups excluding carboxylic acids is 1. The van der Waals surface area contributed by atoms with Gasteiger partial charge in [-0.2, -0.15) is 0 Å². The van der Waals surface area contributed by atoms with Gasteiger partial charge in [0.05, 0.1) is 5.56 Å². The summed E-state index contributed by atoms with van der Waals surface area (Å²) in [5, 5.41) is 12.6. The van der Waals surface area contributed by atoms with E-state index < -0.39 is 5.97 Å². The summed E-state index contributed by atoms with van der Waals surface area (Å²) in [5.41, 5.74) is 3.47. The van der Waals surface area contributed by atoms with E-state index in [0.717, 1.165) is 36.3 Å². The first kappa shape index (κ1) is 34.1. The zero-order chi connectivity index (χ0) is 28.4. The van der Waals surface area contributed by atoms with Gasteiger partial charge in [0.25, 0.3) is 0 Å². The lowest BCUT2D eigenvalue weighted by Crippen LogP contribution is -2.33. The third-order valence-electron chi connectivity index (χ3n) is 5.44. The molecule has 1 aliphatic heterocycles. The molecule has 2 heterocycles. The van der Waals surface area contributed by atoms with Crippen molar-refractivity contribution in [1.82, 2.24) is 4.90 Å². The Bertz CT molecular complexity index is 992. The molecule has 1 unspecified atom stereocenters. The monoisotopic (exact) mass is 529 g/mol. The van der Waals surface area contributed by atoms with Crippen LogP contribution in [0.5, 0.6) is 0 Å². The molecular weight excluding hydrogens is 482 g/mol. The van der Waals surface area contributed by atoms with E-state index in [2.05, 4.69) is 64.0 Å². The maximum atomic E-state index is 11.1. The van der Waals surface area contributed by atoms with Gasteiger partial charge >= 0.3 is 5.97 Å². The number of aldehydes is 1. The van der Waals surface area contributed by atoms with Crippen LogP contribution in [0, 0.1) is 6.92 Å². The normalized spacial score (nSPS) is 14.1. The van der Waals surface area contributed by atoms with Gasteiger partial charge in [0.15, 0.2) is 6.17 Å². The number of allylic oxidation sites excluding steroid dienone is 1. The van der Waals surface area contributed by atoms with E-state index in [1.54, 1.807) is 35.6 Å². The predicted molar refractivity (Wildman–Crippen MR) is 160 cm³/mol. The van der Waals surface area contributed by atoms with Gasteiger partial charge in [-0.15, -0.1) is 11.3 Å². The van der Waals surface area contributed by atoms with E-state index in [4.69, 9.17) is 14.9 Å². The van der Waals surface area contributed by atoms with Gasteiger partial charge < -0.3 is 20.1 Å². The number of aromatic carboxylic acids is 1. The third kappa shape index (κ3) is 10.9. The minimum Gasteiger partial charge on any atom is -0.478 e. The highest BCUT2D eigenvalue weighted by Gasteiger charge is 2.28. The number of rotatable bonds is 8. The van der Waals surface area contributed by atoms with Gasteiger partial charge in [0, 0.05) is 33.8 Å². The minimum atomic E-state index is -0.918. The molecule has 0 spiro atoms. The van der Waals surface area contributed by atoms with Crippen LogP contribution in [-0.4, -0.2) is 35.0 Å². The maximum absolute atomic E-state index is 11.1. The molecular formula is C30H47N3O3S. The molecule has 2 N–H and O–H groups in total. The van der Waals surface area contributed by atoms with Gasteiger partial charge in [-0.1, -0.05) is 60.8 Å². The number of carboxylic acid groups (broad SMARTS) is 1. The number of unbranched alkanes of at least 4 members (excludes halogenated alkanes) is 2. The highest BCUT2D eigenvalue weighted by atomic mass is 32.1. The maximum Gasteiger partial charge on any atom is 0.335 e. The number of thiophene rings is 1. The Morgan fingerprint density at radius 2 is 1.62 bits per heavy atom. The second kappa shape index (κ2) is 19.2. The van der Waals surface area contributed by atoms with Crippen LogP contribution in [0.2, 0.25) is 0 Å². The molecule has 0 fully saturated rings. The number of carboxylic acids is 1. The number of nitrogens with one attached hydrogen (secondary N) is 1. The standard InChI is InChI=1S/C21H25N3O2S.C5H12.C2H4O.C2H6/c1-5-16-17(6-2)23-20(18-12-7-13(3)27-18)24(4)19(16)22-15-10-8-14(9-11-15)21(25)26;1-3-5-4-2;1-2-3;1-2/h7-12,20,22H,5-6H2,1-4H3,(H,25,26);3-5H2,1-2H3;2H,1H3;1-2H3. The molecule has 0 aliphatic carbocycles. The summed E-state index contributed by atoms with van der Waals surface area (Å²) in [7, 11) is 2.05. The lowest BCUT2D eigenvalue weighted by atomic mass is 10.0. The summed E-state index contributed by atoms with van der Waals surface area (Å²) >= 11 is 1.77. The van der Waals surface area contributed by atoms with E-state index in [1.165, 1.54) is 41.5 Å². The van der Waals surface area contributed by atoms with Crippen molar-refractivity contribution < 1.29 is 14.7 Å². The number of aliphatic imine (C=N–C) groups is 1. The second-order valence-corrected chi connectivity index (χ2v) is 9.46. The number of benzene rings is 1. The first-order chi connectivity index (χ1) is 17.8. The highest BCUT2D eigenvalue weighted by Crippen LogP contribution is 2.36. The van der Waals surface area contributed by atoms with E-state index in [-0.39, 0.29) is 11.7 Å². The zero-order valence-electron chi connectivity index (χ0n) is 24.2. The van der Waals surface area contributed by atoms with Crippen LogP contribution in [0.25, 0.3) is 0 Å². The molecule has 7 heteroatoms. The van der Waals surface area contributed by atoms with Crippen molar-refractivity contribution in [2.45, 2.75) is 93.7 Å². The van der Waals surface area contributed by atoms with E-state index in [1.807, 2.05) is 13.8 Å². The Hall–Kier alpha value is -2.93. The van der Waals surface area contributed by atoms with Crippen molar-refractivity contribution in [3.8, 4) is 0 Å². The molecule has 0 saturated heterocycles. The predicted octanol–water partition coefficient (Wildman–Crippen LogP) is 8.71. The minimum absolute atomic E-state index is 0.0465. The van der Waals surface area contributed by atoms with Crippen LogP contribution in [0.4, 0.5) is 5.69 Å². The molecule has 37 heavy (non-hydrogen) atoms. The molecule has 0 bridgehead atoms. The van der Waals surface area contributed by atoms with Crippen molar-refractivity contribution in [2.24, 2.45) is 4.99 Å². The summed E-state index contributed by atoms with van der Waals surface area (Å²) in [5.74, 6) is 0.113. The van der Waals surface area contributed by atoms with Crippen molar-refractivity contribution in [3.63, 3.8) is 0 Å². The fourth-order valence-corrected chi connectivity index (χ4v) is 4.62. The Labute approximate surface area is 228 Å². The summed E-state index contributed by atoms with van der Waals surface area (Å²) in [6.45, 7) is 16.2. The molecule has 1 aliphatic rings. The van der Waals surface area contributed by atoms with Crippen LogP contribution in [0.1, 0.15) is 107 Å². The third-order valence-corrected chi connectivity index (χ3v) is 6.48. The summed E-state index contributed by atoms with van der Waals surface area (Å²) in [6, 6.07) is 11.1. The molecule has 0 radical (unpaired) electrons. The second-order valence-electron chi connectivity index (χ2n) is 8.14. The average Bonchev–Trinajstić information content (AvgIpc) is 3.33. The molecule has 0 saturated carbocycles. The highest BCUT2D eigenvalue weighted by molar-refractivity contribution is 7.12. The number of nitrogens with zero attached hydrogens (tertiary/aromatic N) is 2. The van der Waals surface area contributed by atoms with Crippen LogP contribution >= 0.6 is 11.3 Å². The van der Waals surface area contributed by atoms with Crippen molar-refractivity contribution in [3.05, 3.63) is 63.1 Å². The number of carbonyl (C=O) groups is 2. The molecule has 6 nitrogen and oxygen atoms in total. The molecule has 1 atom stereocenters. The SMILES string of the molecule is CC.CC=O.CCC1=NC(c2ccc(C)s2)N(C)C(Nc2ccc(C(=O)O)cc2)=C1CC.CCCCC. The first-order valence-electron chi connectivity index (χ1n) is 13.4. The van der Waals surface area contributed by atoms with Crippen molar-refractivity contribution in [2.75, 3.05) is 12.4 Å². The topological polar surface area (TPSA) is 82.0 Å². The fourth-order valence-electron chi connectivity index (χ4n) is 3.66.